The first-order chi connectivity index (χ1) is 15.0. The smallest absolute Gasteiger partial charge is 0.288 e. The number of hydrogen-bond donors (Lipinski definition) is 1. The van der Waals surface area contributed by atoms with E-state index in [2.05, 4.69) is 15.5 Å². The largest absolute Gasteiger partial charge is 0.416 e. The van der Waals surface area contributed by atoms with Crippen LogP contribution in [0.4, 0.5) is 14.5 Å². The zero-order chi connectivity index (χ0) is 21.8. The van der Waals surface area contributed by atoms with Crippen molar-refractivity contribution in [1.82, 2.24) is 10.2 Å². The van der Waals surface area contributed by atoms with Crippen molar-refractivity contribution in [2.24, 2.45) is 0 Å². The highest BCUT2D eigenvalue weighted by atomic mass is 32.2. The van der Waals surface area contributed by atoms with Gasteiger partial charge in [0.2, 0.25) is 11.8 Å². The van der Waals surface area contributed by atoms with Gasteiger partial charge >= 0.3 is 0 Å². The Hall–Kier alpha value is -3.52. The fourth-order valence-electron chi connectivity index (χ4n) is 2.88. The van der Waals surface area contributed by atoms with Crippen LogP contribution in [0.2, 0.25) is 0 Å². The fourth-order valence-corrected chi connectivity index (χ4v) is 3.48. The first-order valence-electron chi connectivity index (χ1n) is 9.36. The zero-order valence-corrected chi connectivity index (χ0v) is 17.2. The van der Waals surface area contributed by atoms with E-state index in [9.17, 15) is 13.6 Å². The van der Waals surface area contributed by atoms with Gasteiger partial charge in [0.15, 0.2) is 0 Å². The highest BCUT2D eigenvalue weighted by Crippen LogP contribution is 2.32. The van der Waals surface area contributed by atoms with E-state index in [-0.39, 0.29) is 0 Å². The second-order valence-corrected chi connectivity index (χ2v) is 7.72. The molecule has 1 amide bonds. The van der Waals surface area contributed by atoms with Crippen molar-refractivity contribution in [3.05, 3.63) is 83.9 Å². The second kappa shape index (κ2) is 9.09. The third-order valence-corrected chi connectivity index (χ3v) is 5.26. The Morgan fingerprint density at radius 3 is 2.10 bits per heavy atom. The van der Waals surface area contributed by atoms with E-state index in [1.165, 1.54) is 6.07 Å². The molecular formula is C23H17F2N3O2S. The van der Waals surface area contributed by atoms with Crippen molar-refractivity contribution in [1.29, 1.82) is 0 Å². The molecule has 4 aromatic rings. The fraction of sp³-hybridized carbons (Fsp3) is 0.0870. The lowest BCUT2D eigenvalue weighted by molar-refractivity contribution is 0.102. The maximum atomic E-state index is 12.7. The summed E-state index contributed by atoms with van der Waals surface area (Å²) in [5.74, 6) is -2.23. The molecule has 0 radical (unpaired) electrons. The molecule has 1 N–H and O–H groups in total. The molecule has 0 aliphatic rings. The minimum absolute atomic E-state index is 0.303. The maximum absolute atomic E-state index is 12.7. The summed E-state index contributed by atoms with van der Waals surface area (Å²) in [7, 11) is 0. The van der Waals surface area contributed by atoms with Crippen LogP contribution in [-0.2, 0) is 0 Å². The lowest BCUT2D eigenvalue weighted by Crippen LogP contribution is -2.12. The van der Waals surface area contributed by atoms with E-state index in [1.807, 2.05) is 31.2 Å². The third-order valence-electron chi connectivity index (χ3n) is 4.47. The van der Waals surface area contributed by atoms with Crippen molar-refractivity contribution in [2.75, 3.05) is 5.32 Å². The number of halogens is 2. The van der Waals surface area contributed by atoms with Crippen LogP contribution in [0, 0.1) is 6.92 Å². The third kappa shape index (κ3) is 4.97. The molecule has 0 unspecified atom stereocenters. The lowest BCUT2D eigenvalue weighted by Gasteiger charge is -2.10. The summed E-state index contributed by atoms with van der Waals surface area (Å²) in [6, 6.07) is 20.8. The number of thioether (sulfide) groups is 1. The van der Waals surface area contributed by atoms with Gasteiger partial charge in [-0.1, -0.05) is 41.6 Å². The molecule has 3 aromatic carbocycles. The molecular weight excluding hydrogens is 420 g/mol. The molecule has 4 rings (SSSR count). The van der Waals surface area contributed by atoms with Gasteiger partial charge in [-0.05, 0) is 55.5 Å². The Labute approximate surface area is 181 Å². The number of nitrogens with one attached hydrogen (secondary N) is 1. The average molecular weight is 437 g/mol. The molecule has 0 aliphatic carbocycles. The van der Waals surface area contributed by atoms with Gasteiger partial charge < -0.3 is 9.73 Å². The lowest BCUT2D eigenvalue weighted by atomic mass is 10.1. The van der Waals surface area contributed by atoms with Crippen LogP contribution in [0.3, 0.4) is 0 Å². The summed E-state index contributed by atoms with van der Waals surface area (Å²) in [5, 5.41) is 10.8. The van der Waals surface area contributed by atoms with Gasteiger partial charge in [0.25, 0.3) is 11.7 Å². The average Bonchev–Trinajstić information content (AvgIpc) is 3.26. The number of alkyl halides is 2. The predicted molar refractivity (Wildman–Crippen MR) is 116 cm³/mol. The van der Waals surface area contributed by atoms with Gasteiger partial charge in [-0.3, -0.25) is 4.79 Å². The van der Waals surface area contributed by atoms with Gasteiger partial charge in [0.05, 0.1) is 5.69 Å². The van der Waals surface area contributed by atoms with Crippen LogP contribution >= 0.6 is 11.8 Å². The van der Waals surface area contributed by atoms with Crippen molar-refractivity contribution in [3.63, 3.8) is 0 Å². The molecule has 5 nitrogen and oxygen atoms in total. The minimum Gasteiger partial charge on any atom is -0.416 e. The number of amides is 1. The number of benzene rings is 3. The van der Waals surface area contributed by atoms with Crippen molar-refractivity contribution in [3.8, 4) is 22.9 Å². The number of carbonyl (C=O) groups is 1. The molecule has 0 aliphatic heterocycles. The van der Waals surface area contributed by atoms with Crippen LogP contribution in [0.15, 0.2) is 82.1 Å². The normalized spacial score (nSPS) is 11.0. The summed E-state index contributed by atoms with van der Waals surface area (Å²) >= 11 is 0.387. The predicted octanol–water partition coefficient (Wildman–Crippen LogP) is 6.28. The van der Waals surface area contributed by atoms with Crippen LogP contribution < -0.4 is 5.32 Å². The number of hydrogen-bond acceptors (Lipinski definition) is 5. The Morgan fingerprint density at radius 2 is 1.48 bits per heavy atom. The highest BCUT2D eigenvalue weighted by molar-refractivity contribution is 7.99. The van der Waals surface area contributed by atoms with Crippen molar-refractivity contribution >= 4 is 23.4 Å². The molecule has 0 bridgehead atoms. The van der Waals surface area contributed by atoms with Crippen LogP contribution in [0.5, 0.6) is 0 Å². The quantitative estimate of drug-likeness (QED) is 0.360. The Kier molecular flexibility index (Phi) is 6.08. The number of anilines is 1. The Bertz CT molecular complexity index is 1190. The Balaban J connectivity index is 1.49. The number of nitrogens with zero attached hydrogens (tertiary/aromatic N) is 2. The van der Waals surface area contributed by atoms with Crippen molar-refractivity contribution in [2.45, 2.75) is 17.6 Å². The molecule has 0 fully saturated rings. The minimum atomic E-state index is -2.57. The summed E-state index contributed by atoms with van der Waals surface area (Å²) in [5.41, 5.74) is 3.32. The summed E-state index contributed by atoms with van der Waals surface area (Å²) in [4.78, 5) is 12.9. The molecule has 1 heterocycles. The molecule has 8 heteroatoms. The van der Waals surface area contributed by atoms with Crippen LogP contribution in [-0.4, -0.2) is 21.9 Å². The van der Waals surface area contributed by atoms with E-state index < -0.39 is 11.7 Å². The Morgan fingerprint density at radius 1 is 0.903 bits per heavy atom. The van der Waals surface area contributed by atoms with Crippen molar-refractivity contribution < 1.29 is 18.0 Å². The number of aromatic nitrogens is 2. The van der Waals surface area contributed by atoms with E-state index in [0.717, 1.165) is 11.1 Å². The first kappa shape index (κ1) is 20.7. The monoisotopic (exact) mass is 437 g/mol. The molecule has 0 saturated heterocycles. The zero-order valence-electron chi connectivity index (χ0n) is 16.4. The highest BCUT2D eigenvalue weighted by Gasteiger charge is 2.14. The van der Waals surface area contributed by atoms with Crippen LogP contribution in [0.25, 0.3) is 22.9 Å². The standard InChI is InChI=1S/C23H17F2N3O2S/c1-14-6-8-16(9-7-14)21-27-28-22(30-21)17-12-10-15(11-13-17)20(29)26-18-4-2-3-5-19(18)31-23(24)25/h2-13,23H,1H3,(H,26,29). The van der Waals surface area contributed by atoms with Gasteiger partial charge in [0.1, 0.15) is 0 Å². The number of rotatable bonds is 6. The topological polar surface area (TPSA) is 68.0 Å². The van der Waals surface area contributed by atoms with Gasteiger partial charge in [-0.15, -0.1) is 10.2 Å². The maximum Gasteiger partial charge on any atom is 0.288 e. The SMILES string of the molecule is Cc1ccc(-c2nnc(-c3ccc(C(=O)Nc4ccccc4SC(F)F)cc3)o2)cc1. The van der Waals surface area contributed by atoms with Gasteiger partial charge in [0, 0.05) is 21.6 Å². The summed E-state index contributed by atoms with van der Waals surface area (Å²) in [6.45, 7) is 2.00. The van der Waals surface area contributed by atoms with E-state index >= 15 is 0 Å². The van der Waals surface area contributed by atoms with Gasteiger partial charge in [-0.2, -0.15) is 8.78 Å². The molecule has 1 aromatic heterocycles. The number of aryl methyl sites for hydroxylation is 1. The van der Waals surface area contributed by atoms with E-state index in [4.69, 9.17) is 4.42 Å². The molecule has 156 valence electrons. The second-order valence-electron chi connectivity index (χ2n) is 6.68. The van der Waals surface area contributed by atoms with E-state index in [0.29, 0.717) is 45.3 Å². The molecule has 0 atom stereocenters. The van der Waals surface area contributed by atoms with Crippen LogP contribution in [0.1, 0.15) is 15.9 Å². The van der Waals surface area contributed by atoms with Gasteiger partial charge in [-0.25, -0.2) is 0 Å². The van der Waals surface area contributed by atoms with E-state index in [1.54, 1.807) is 42.5 Å². The summed E-state index contributed by atoms with van der Waals surface area (Å²) < 4.78 is 31.2. The summed E-state index contributed by atoms with van der Waals surface area (Å²) in [6.07, 6.45) is 0. The molecule has 0 spiro atoms. The first-order valence-corrected chi connectivity index (χ1v) is 10.2. The molecule has 0 saturated carbocycles. The number of carbonyl (C=O) groups excluding carboxylic acids is 1. The molecule has 31 heavy (non-hydrogen) atoms. The number of para-hydroxylation sites is 1.